The van der Waals surface area contributed by atoms with Crippen molar-refractivity contribution in [3.8, 4) is 55.6 Å². The molecule has 2 unspecified atom stereocenters. The fourth-order valence-electron chi connectivity index (χ4n) is 12.9. The van der Waals surface area contributed by atoms with Crippen LogP contribution in [0.25, 0.3) is 89.3 Å². The van der Waals surface area contributed by atoms with Gasteiger partial charge >= 0.3 is 427 Å². The van der Waals surface area contributed by atoms with E-state index in [2.05, 4.69) is 238 Å². The summed E-state index contributed by atoms with van der Waals surface area (Å²) in [7, 11) is -0.688. The standard InChI is InChI=1S/2C28H23.C12H9Si.Zr/c2*1-2-9-20-18-22-12-8-17-27(28(22)19-20)26-15-6-5-14-25(26)24-16-7-11-21-10-3-4-13-23(21)24;1-3-7-11-9(5-1)10-6-2-4-8-12(10)13-11;/h2*3-8,10-19H,2,9H2,1H3;1-7H,13H2;. The van der Waals surface area contributed by atoms with E-state index in [1.165, 1.54) is 88.3 Å². The third-order valence-electron chi connectivity index (χ3n) is 15.8. The number of benzene rings is 10. The van der Waals surface area contributed by atoms with Crippen molar-refractivity contribution >= 4 is 56.9 Å². The summed E-state index contributed by atoms with van der Waals surface area (Å²) in [5, 5.41) is 8.52. The molecular weight excluding hydrogens is 936 g/mol. The fourth-order valence-corrected chi connectivity index (χ4v) is 26.9. The molecule has 0 spiro atoms. The molecule has 0 bridgehead atoms. The van der Waals surface area contributed by atoms with Gasteiger partial charge in [0.1, 0.15) is 0 Å². The molecule has 2 heteroatoms. The van der Waals surface area contributed by atoms with Crippen molar-refractivity contribution < 1.29 is 21.8 Å². The van der Waals surface area contributed by atoms with Crippen LogP contribution in [0.1, 0.15) is 69.0 Å². The molecule has 0 amide bonds. The normalized spacial score (nSPS) is 15.7. The molecule has 0 N–H and O–H groups in total. The summed E-state index contributed by atoms with van der Waals surface area (Å²) in [5.41, 5.74) is 23.0. The second-order valence-electron chi connectivity index (χ2n) is 19.7. The van der Waals surface area contributed by atoms with Crippen molar-refractivity contribution in [1.29, 1.82) is 0 Å². The van der Waals surface area contributed by atoms with Crippen LogP contribution >= 0.6 is 0 Å². The molecule has 10 aromatic rings. The van der Waals surface area contributed by atoms with Crippen molar-refractivity contribution in [2.75, 3.05) is 0 Å². The average molecular weight is 991 g/mol. The molecule has 2 aliphatic carbocycles. The van der Waals surface area contributed by atoms with Gasteiger partial charge in [0.25, 0.3) is 0 Å². The molecule has 1 aliphatic heterocycles. The quantitative estimate of drug-likeness (QED) is 0.113. The summed E-state index contributed by atoms with van der Waals surface area (Å²) in [6.07, 6.45) is 9.90. The zero-order chi connectivity index (χ0) is 46.7. The molecule has 0 saturated carbocycles. The molecular formula is C68H55SiZr. The third-order valence-corrected chi connectivity index (χ3v) is 27.8. The Morgan fingerprint density at radius 1 is 0.357 bits per heavy atom. The Morgan fingerprint density at radius 3 is 1.27 bits per heavy atom. The Kier molecular flexibility index (Phi) is 11.3. The first-order chi connectivity index (χ1) is 34.7. The first-order valence-corrected chi connectivity index (χ1v) is 31.1. The topological polar surface area (TPSA) is 0 Å². The zero-order valence-corrected chi connectivity index (χ0v) is 43.9. The molecule has 70 heavy (non-hydrogen) atoms. The van der Waals surface area contributed by atoms with E-state index in [-0.39, 0.29) is 0 Å². The maximum absolute atomic E-state index is 3.02. The van der Waals surface area contributed by atoms with E-state index in [1.54, 1.807) is 35.9 Å². The SMILES string of the molecule is CCCC1=Cc2c(-c3ccccc3-c3cccc4ccccc34)cccc2[CH]1[Zr]([c]1cccc2c1[SiH2]c1ccccc1-2)[CH]1C(CCC)=Cc2c(-c3ccccc3-c3cccc4ccccc34)cccc21. The van der Waals surface area contributed by atoms with Gasteiger partial charge in [-0.15, -0.1) is 0 Å². The van der Waals surface area contributed by atoms with Crippen LogP contribution in [0.2, 0.25) is 0 Å². The van der Waals surface area contributed by atoms with Gasteiger partial charge in [0.2, 0.25) is 0 Å². The van der Waals surface area contributed by atoms with E-state index in [1.807, 2.05) is 0 Å². The molecule has 10 aromatic carbocycles. The summed E-state index contributed by atoms with van der Waals surface area (Å²) in [5.74, 6) is 0. The van der Waals surface area contributed by atoms with Gasteiger partial charge in [-0.05, 0) is 0 Å². The van der Waals surface area contributed by atoms with Crippen LogP contribution in [0, 0.1) is 0 Å². The van der Waals surface area contributed by atoms with Crippen LogP contribution in [-0.4, -0.2) is 9.52 Å². The summed E-state index contributed by atoms with van der Waals surface area (Å²) >= 11 is -3.02. The van der Waals surface area contributed by atoms with E-state index >= 15 is 0 Å². The molecule has 0 aromatic heterocycles. The molecule has 0 saturated heterocycles. The Bertz CT molecular complexity index is 3550. The predicted octanol–water partition coefficient (Wildman–Crippen LogP) is 15.9. The van der Waals surface area contributed by atoms with Crippen molar-refractivity contribution in [2.45, 2.75) is 46.8 Å². The number of fused-ring (bicyclic) bond motifs is 7. The third kappa shape index (κ3) is 7.17. The summed E-state index contributed by atoms with van der Waals surface area (Å²) in [4.78, 5) is 0. The van der Waals surface area contributed by atoms with Gasteiger partial charge in [0.05, 0.1) is 0 Å². The summed E-state index contributed by atoms with van der Waals surface area (Å²) in [6, 6.07) is 81.4. The van der Waals surface area contributed by atoms with E-state index < -0.39 is 31.3 Å². The van der Waals surface area contributed by atoms with E-state index in [4.69, 9.17) is 0 Å². The Hall–Kier alpha value is -6.70. The second-order valence-corrected chi connectivity index (χ2v) is 27.9. The second kappa shape index (κ2) is 18.2. The van der Waals surface area contributed by atoms with Gasteiger partial charge in [-0.25, -0.2) is 0 Å². The Morgan fingerprint density at radius 2 is 0.743 bits per heavy atom. The van der Waals surface area contributed by atoms with Gasteiger partial charge < -0.3 is 0 Å². The maximum atomic E-state index is 2.70. The first kappa shape index (κ1) is 43.3. The minimum atomic E-state index is -3.02. The van der Waals surface area contributed by atoms with Crippen molar-refractivity contribution in [3.63, 3.8) is 0 Å². The molecule has 0 radical (unpaired) electrons. The fraction of sp³-hybridized carbons (Fsp3) is 0.118. The van der Waals surface area contributed by atoms with Gasteiger partial charge in [0, 0.05) is 0 Å². The number of allylic oxidation sites excluding steroid dienone is 2. The summed E-state index contributed by atoms with van der Waals surface area (Å²) < 4.78 is 2.59. The first-order valence-electron chi connectivity index (χ1n) is 25.6. The predicted molar refractivity (Wildman–Crippen MR) is 300 cm³/mol. The van der Waals surface area contributed by atoms with Crippen LogP contribution in [-0.2, 0) is 21.8 Å². The number of hydrogen-bond donors (Lipinski definition) is 0. The van der Waals surface area contributed by atoms with E-state index in [0.29, 0.717) is 7.25 Å². The van der Waals surface area contributed by atoms with Crippen molar-refractivity contribution in [1.82, 2.24) is 0 Å². The minimum absolute atomic E-state index is 0.411. The molecule has 0 fully saturated rings. The van der Waals surface area contributed by atoms with Crippen LogP contribution in [0.3, 0.4) is 0 Å². The average Bonchev–Trinajstić information content (AvgIpc) is 4.10. The van der Waals surface area contributed by atoms with Gasteiger partial charge in [0.15, 0.2) is 0 Å². The Labute approximate surface area is 423 Å². The van der Waals surface area contributed by atoms with E-state index in [0.717, 1.165) is 25.7 Å². The molecule has 335 valence electrons. The molecule has 2 atom stereocenters. The van der Waals surface area contributed by atoms with Crippen LogP contribution in [0.15, 0.2) is 223 Å². The van der Waals surface area contributed by atoms with Gasteiger partial charge in [-0.3, -0.25) is 0 Å². The van der Waals surface area contributed by atoms with Gasteiger partial charge in [-0.1, -0.05) is 0 Å². The monoisotopic (exact) mass is 989 g/mol. The van der Waals surface area contributed by atoms with Gasteiger partial charge in [-0.2, -0.15) is 0 Å². The zero-order valence-electron chi connectivity index (χ0n) is 40.1. The molecule has 13 rings (SSSR count). The van der Waals surface area contributed by atoms with Crippen LogP contribution in [0.5, 0.6) is 0 Å². The summed E-state index contributed by atoms with van der Waals surface area (Å²) in [6.45, 7) is 4.80. The molecule has 0 nitrogen and oxygen atoms in total. The molecule has 3 aliphatic rings. The molecule has 1 heterocycles. The van der Waals surface area contributed by atoms with Crippen LogP contribution < -0.4 is 13.6 Å². The number of rotatable bonds is 11. The Balaban J connectivity index is 1.03. The van der Waals surface area contributed by atoms with Crippen molar-refractivity contribution in [2.24, 2.45) is 0 Å². The number of hydrogen-bond acceptors (Lipinski definition) is 0. The van der Waals surface area contributed by atoms with Crippen LogP contribution in [0.4, 0.5) is 0 Å². The van der Waals surface area contributed by atoms with Crippen molar-refractivity contribution in [3.05, 3.63) is 246 Å². The van der Waals surface area contributed by atoms with E-state index in [9.17, 15) is 0 Å².